The molecule has 0 radical (unpaired) electrons. The predicted octanol–water partition coefficient (Wildman–Crippen LogP) is 1.85. The molecular weight excluding hydrogens is 464 g/mol. The molecule has 0 spiro atoms. The second-order valence-corrected chi connectivity index (χ2v) is 12.0. The molecule has 32 heavy (non-hydrogen) atoms. The number of benzene rings is 1. The maximum Gasteiger partial charge on any atom is 0.228 e. The second kappa shape index (κ2) is 9.80. The third-order valence-electron chi connectivity index (χ3n) is 5.57. The van der Waals surface area contributed by atoms with Crippen LogP contribution in [0.2, 0.25) is 0 Å². The van der Waals surface area contributed by atoms with Crippen molar-refractivity contribution in [2.45, 2.75) is 10.8 Å². The zero-order valence-corrected chi connectivity index (χ0v) is 20.0. The van der Waals surface area contributed by atoms with Crippen LogP contribution in [0.4, 0.5) is 11.8 Å². The molecule has 4 heterocycles. The van der Waals surface area contributed by atoms with Crippen LogP contribution in [0.1, 0.15) is 5.56 Å². The van der Waals surface area contributed by atoms with E-state index < -0.39 is 21.6 Å². The number of anilines is 2. The Labute approximate surface area is 196 Å². The summed E-state index contributed by atoms with van der Waals surface area (Å²) in [6.07, 6.45) is 1.58. The minimum absolute atomic E-state index is 0.625. The highest BCUT2D eigenvalue weighted by Gasteiger charge is 2.25. The van der Waals surface area contributed by atoms with E-state index in [9.17, 15) is 8.42 Å². The summed E-state index contributed by atoms with van der Waals surface area (Å²) in [5.74, 6) is 4.70. The van der Waals surface area contributed by atoms with Gasteiger partial charge < -0.3 is 9.80 Å². The molecule has 2 fully saturated rings. The first-order valence-corrected chi connectivity index (χ1v) is 14.5. The highest BCUT2D eigenvalue weighted by molar-refractivity contribution is 7.98. The van der Waals surface area contributed by atoms with Gasteiger partial charge in [0.25, 0.3) is 0 Å². The lowest BCUT2D eigenvalue weighted by atomic mass is 10.2. The normalized spacial score (nSPS) is 18.4. The fourth-order valence-corrected chi connectivity index (χ4v) is 6.78. The van der Waals surface area contributed by atoms with Gasteiger partial charge in [-0.05, 0) is 5.56 Å². The van der Waals surface area contributed by atoms with Gasteiger partial charge in [0.15, 0.2) is 5.82 Å². The first-order chi connectivity index (χ1) is 15.7. The molecule has 11 heteroatoms. The lowest BCUT2D eigenvalue weighted by molar-refractivity contribution is 0.670. The fraction of sp³-hybridized carbons (Fsp3) is 0.429. The SMILES string of the molecule is O=S1CCN(c2nc(N3CCS(=O)CC3)c3ncnc(SCc4ccccc4)c3n2)CC1. The van der Waals surface area contributed by atoms with Gasteiger partial charge in [0, 0.05) is 76.5 Å². The molecule has 3 aromatic rings. The summed E-state index contributed by atoms with van der Waals surface area (Å²) in [6, 6.07) is 10.3. The van der Waals surface area contributed by atoms with Gasteiger partial charge >= 0.3 is 0 Å². The van der Waals surface area contributed by atoms with E-state index in [2.05, 4.69) is 31.9 Å². The summed E-state index contributed by atoms with van der Waals surface area (Å²) in [7, 11) is -1.55. The second-order valence-electron chi connectivity index (χ2n) is 7.67. The van der Waals surface area contributed by atoms with Crippen molar-refractivity contribution in [3.8, 4) is 0 Å². The molecule has 2 saturated heterocycles. The third kappa shape index (κ3) is 4.79. The average molecular weight is 489 g/mol. The lowest BCUT2D eigenvalue weighted by Crippen LogP contribution is -2.40. The molecule has 0 saturated carbocycles. The molecule has 1 aromatic carbocycles. The summed E-state index contributed by atoms with van der Waals surface area (Å²) >= 11 is 1.64. The molecule has 0 unspecified atom stereocenters. The number of fused-ring (bicyclic) bond motifs is 1. The fourth-order valence-electron chi connectivity index (χ4n) is 3.78. The number of thioether (sulfide) groups is 1. The van der Waals surface area contributed by atoms with Crippen LogP contribution < -0.4 is 9.80 Å². The Bertz CT molecular complexity index is 1140. The third-order valence-corrected chi connectivity index (χ3v) is 9.18. The molecule has 5 rings (SSSR count). The van der Waals surface area contributed by atoms with Crippen molar-refractivity contribution in [2.24, 2.45) is 0 Å². The minimum atomic E-state index is -0.777. The van der Waals surface area contributed by atoms with Crippen molar-refractivity contribution in [1.29, 1.82) is 0 Å². The molecule has 0 atom stereocenters. The number of hydrogen-bond donors (Lipinski definition) is 0. The van der Waals surface area contributed by atoms with Crippen LogP contribution in [0, 0.1) is 0 Å². The largest absolute Gasteiger partial charge is 0.353 e. The van der Waals surface area contributed by atoms with E-state index in [0.29, 0.717) is 55.1 Å². The van der Waals surface area contributed by atoms with Crippen LogP contribution in [0.15, 0.2) is 41.7 Å². The minimum Gasteiger partial charge on any atom is -0.353 e. The van der Waals surface area contributed by atoms with E-state index in [1.807, 2.05) is 18.2 Å². The van der Waals surface area contributed by atoms with E-state index >= 15 is 0 Å². The van der Waals surface area contributed by atoms with Crippen LogP contribution in [0.25, 0.3) is 11.0 Å². The average Bonchev–Trinajstić information content (AvgIpc) is 2.84. The van der Waals surface area contributed by atoms with E-state index in [1.165, 1.54) is 5.56 Å². The van der Waals surface area contributed by atoms with Gasteiger partial charge in [-0.25, -0.2) is 15.0 Å². The predicted molar refractivity (Wildman–Crippen MR) is 131 cm³/mol. The van der Waals surface area contributed by atoms with Crippen LogP contribution in [-0.4, -0.2) is 77.5 Å². The summed E-state index contributed by atoms with van der Waals surface area (Å²) in [6.45, 7) is 2.70. The van der Waals surface area contributed by atoms with Gasteiger partial charge in [0.1, 0.15) is 22.4 Å². The molecule has 0 aliphatic carbocycles. The van der Waals surface area contributed by atoms with Crippen molar-refractivity contribution < 1.29 is 8.42 Å². The number of aromatic nitrogens is 4. The Morgan fingerprint density at radius 3 is 2.16 bits per heavy atom. The van der Waals surface area contributed by atoms with Crippen molar-refractivity contribution >= 4 is 56.2 Å². The standard InChI is InChI=1S/C21H24N6O2S3/c28-31-10-6-26(7-11-31)19-17-18(24-21(25-19)27-8-12-32(29)13-9-27)20(23-15-22-17)30-14-16-4-2-1-3-5-16/h1-5,15H,6-14H2. The van der Waals surface area contributed by atoms with Gasteiger partial charge in [-0.3, -0.25) is 8.42 Å². The van der Waals surface area contributed by atoms with E-state index in [4.69, 9.17) is 9.97 Å². The molecule has 0 N–H and O–H groups in total. The molecular formula is C21H24N6O2S3. The van der Waals surface area contributed by atoms with Gasteiger partial charge in [0.2, 0.25) is 5.95 Å². The Morgan fingerprint density at radius 2 is 1.47 bits per heavy atom. The van der Waals surface area contributed by atoms with Gasteiger partial charge in [-0.1, -0.05) is 42.1 Å². The Balaban J connectivity index is 1.54. The summed E-state index contributed by atoms with van der Waals surface area (Å²) in [5.41, 5.74) is 2.69. The van der Waals surface area contributed by atoms with E-state index in [-0.39, 0.29) is 0 Å². The molecule has 2 aromatic heterocycles. The lowest BCUT2D eigenvalue weighted by Gasteiger charge is -2.30. The molecule has 2 aliphatic heterocycles. The Kier molecular flexibility index (Phi) is 6.65. The van der Waals surface area contributed by atoms with Crippen molar-refractivity contribution in [1.82, 2.24) is 19.9 Å². The Morgan fingerprint density at radius 1 is 0.812 bits per heavy atom. The number of hydrogen-bond acceptors (Lipinski definition) is 9. The van der Waals surface area contributed by atoms with Crippen LogP contribution in [-0.2, 0) is 27.4 Å². The van der Waals surface area contributed by atoms with Crippen molar-refractivity contribution in [2.75, 3.05) is 59.0 Å². The zero-order valence-electron chi connectivity index (χ0n) is 17.6. The van der Waals surface area contributed by atoms with E-state index in [1.54, 1.807) is 18.1 Å². The van der Waals surface area contributed by atoms with Crippen molar-refractivity contribution in [3.05, 3.63) is 42.2 Å². The maximum absolute atomic E-state index is 11.9. The summed E-state index contributed by atoms with van der Waals surface area (Å²) in [5, 5.41) is 0.824. The summed E-state index contributed by atoms with van der Waals surface area (Å²) < 4.78 is 23.8. The number of rotatable bonds is 5. The smallest absolute Gasteiger partial charge is 0.228 e. The van der Waals surface area contributed by atoms with Gasteiger partial charge in [-0.2, -0.15) is 4.98 Å². The van der Waals surface area contributed by atoms with Gasteiger partial charge in [0.05, 0.1) is 0 Å². The quantitative estimate of drug-likeness (QED) is 0.394. The van der Waals surface area contributed by atoms with E-state index in [0.717, 1.165) is 27.6 Å². The molecule has 168 valence electrons. The monoisotopic (exact) mass is 488 g/mol. The van der Waals surface area contributed by atoms with Crippen LogP contribution in [0.3, 0.4) is 0 Å². The topological polar surface area (TPSA) is 92.2 Å². The zero-order chi connectivity index (χ0) is 21.9. The maximum atomic E-state index is 11.9. The highest BCUT2D eigenvalue weighted by Crippen LogP contribution is 2.32. The highest BCUT2D eigenvalue weighted by atomic mass is 32.2. The summed E-state index contributed by atoms with van der Waals surface area (Å²) in [4.78, 5) is 23.2. The van der Waals surface area contributed by atoms with Crippen molar-refractivity contribution in [3.63, 3.8) is 0 Å². The first-order valence-electron chi connectivity index (χ1n) is 10.6. The van der Waals surface area contributed by atoms with Crippen LogP contribution >= 0.6 is 11.8 Å². The molecule has 0 bridgehead atoms. The molecule has 2 aliphatic rings. The molecule has 8 nitrogen and oxygen atoms in total. The van der Waals surface area contributed by atoms with Gasteiger partial charge in [-0.15, -0.1) is 0 Å². The van der Waals surface area contributed by atoms with Crippen LogP contribution in [0.5, 0.6) is 0 Å². The molecule has 0 amide bonds. The number of nitrogens with zero attached hydrogens (tertiary/aromatic N) is 6. The Hall–Kier alpha value is -2.11. The first kappa shape index (κ1) is 21.7.